The Bertz CT molecular complexity index is 1170. The van der Waals surface area contributed by atoms with Gasteiger partial charge in [-0.3, -0.25) is 9.59 Å². The number of allylic oxidation sites excluding steroid dienone is 1. The van der Waals surface area contributed by atoms with Gasteiger partial charge in [-0.15, -0.1) is 0 Å². The van der Waals surface area contributed by atoms with Gasteiger partial charge in [0.25, 0.3) is 0 Å². The second kappa shape index (κ2) is 8.42. The third-order valence-corrected chi connectivity index (χ3v) is 5.31. The fourth-order valence-corrected chi connectivity index (χ4v) is 3.39. The van der Waals surface area contributed by atoms with Crippen molar-refractivity contribution >= 4 is 45.2 Å². The smallest absolute Gasteiger partial charge is 0.231 e. The fraction of sp³-hybridized carbons (Fsp3) is 0.0435. The number of carbonyl (C=O) groups is 2. The fourth-order valence-electron chi connectivity index (χ4n) is 2.90. The number of ketones is 2. The van der Waals surface area contributed by atoms with Gasteiger partial charge in [-0.2, -0.15) is 0 Å². The minimum atomic E-state index is -0.558. The van der Waals surface area contributed by atoms with E-state index in [1.54, 1.807) is 36.4 Å². The van der Waals surface area contributed by atoms with E-state index in [0.29, 0.717) is 16.9 Å². The molecule has 0 N–H and O–H groups in total. The predicted molar refractivity (Wildman–Crippen MR) is 115 cm³/mol. The van der Waals surface area contributed by atoms with Crippen LogP contribution in [0.25, 0.3) is 6.08 Å². The Hall–Kier alpha value is -2.96. The first-order valence-corrected chi connectivity index (χ1v) is 10.0. The number of hydrogen-bond acceptors (Lipinski definition) is 4. The Balaban J connectivity index is 1.50. The van der Waals surface area contributed by atoms with Gasteiger partial charge in [0.15, 0.2) is 18.1 Å². The lowest BCUT2D eigenvalue weighted by Gasteiger charge is -2.07. The monoisotopic (exact) mass is 486 g/mol. The largest absolute Gasteiger partial charge is 0.485 e. The van der Waals surface area contributed by atoms with E-state index in [9.17, 15) is 14.0 Å². The van der Waals surface area contributed by atoms with Crippen molar-refractivity contribution in [3.8, 4) is 11.5 Å². The first-order valence-electron chi connectivity index (χ1n) is 8.86. The average molecular weight is 488 g/mol. The summed E-state index contributed by atoms with van der Waals surface area (Å²) < 4.78 is 26.0. The van der Waals surface area contributed by atoms with Gasteiger partial charge in [0.2, 0.25) is 5.78 Å². The van der Waals surface area contributed by atoms with Gasteiger partial charge in [0.05, 0.1) is 10.6 Å². The molecule has 0 atom stereocenters. The van der Waals surface area contributed by atoms with Crippen LogP contribution in [-0.2, 0) is 0 Å². The topological polar surface area (TPSA) is 52.6 Å². The molecule has 1 aliphatic heterocycles. The van der Waals surface area contributed by atoms with Crippen molar-refractivity contribution in [2.75, 3.05) is 6.61 Å². The van der Waals surface area contributed by atoms with Crippen LogP contribution in [0, 0.1) is 5.82 Å². The van der Waals surface area contributed by atoms with Crippen LogP contribution in [0.4, 0.5) is 4.39 Å². The second-order valence-corrected chi connectivity index (χ2v) is 7.77. The number of rotatable bonds is 5. The van der Waals surface area contributed by atoms with Crippen molar-refractivity contribution in [3.05, 3.63) is 98.4 Å². The summed E-state index contributed by atoms with van der Waals surface area (Å²) in [7, 11) is 0. The summed E-state index contributed by atoms with van der Waals surface area (Å²) in [5.74, 6) is -0.529. The van der Waals surface area contributed by atoms with E-state index in [1.807, 2.05) is 0 Å². The number of hydrogen-bond donors (Lipinski definition) is 0. The zero-order chi connectivity index (χ0) is 21.3. The maximum atomic E-state index is 14.0. The SMILES string of the molecule is O=C(COc1ccc2c(c1)O/C(=C\c1c(F)cccc1Cl)C2=O)c1ccc(Br)cc1. The maximum Gasteiger partial charge on any atom is 0.231 e. The molecule has 150 valence electrons. The van der Waals surface area contributed by atoms with Crippen molar-refractivity contribution in [2.24, 2.45) is 0 Å². The maximum absolute atomic E-state index is 14.0. The number of fused-ring (bicyclic) bond motifs is 1. The standard InChI is InChI=1S/C23H13BrClFO4/c24-14-6-4-13(5-7-14)20(27)12-29-15-8-9-16-21(10-15)30-22(23(16)28)11-17-18(25)2-1-3-19(17)26/h1-11H,12H2/b22-11-. The van der Waals surface area contributed by atoms with Crippen LogP contribution in [0.3, 0.4) is 0 Å². The molecule has 0 fully saturated rings. The molecule has 0 spiro atoms. The number of halogens is 3. The summed E-state index contributed by atoms with van der Waals surface area (Å²) in [5, 5.41) is 0.172. The highest BCUT2D eigenvalue weighted by atomic mass is 79.9. The summed E-state index contributed by atoms with van der Waals surface area (Å²) in [6, 6.07) is 15.8. The third-order valence-electron chi connectivity index (χ3n) is 4.45. The lowest BCUT2D eigenvalue weighted by atomic mass is 10.1. The summed E-state index contributed by atoms with van der Waals surface area (Å²) in [6.45, 7) is -0.165. The van der Waals surface area contributed by atoms with E-state index in [1.165, 1.54) is 30.3 Å². The van der Waals surface area contributed by atoms with Gasteiger partial charge in [-0.1, -0.05) is 45.7 Å². The molecule has 0 bridgehead atoms. The van der Waals surface area contributed by atoms with Crippen molar-refractivity contribution < 1.29 is 23.5 Å². The van der Waals surface area contributed by atoms with Crippen molar-refractivity contribution in [1.29, 1.82) is 0 Å². The molecule has 3 aromatic carbocycles. The number of ether oxygens (including phenoxy) is 2. The summed E-state index contributed by atoms with van der Waals surface area (Å²) in [4.78, 5) is 24.8. The molecule has 0 amide bonds. The molecule has 0 unspecified atom stereocenters. The summed E-state index contributed by atoms with van der Waals surface area (Å²) >= 11 is 9.34. The zero-order valence-electron chi connectivity index (χ0n) is 15.3. The highest BCUT2D eigenvalue weighted by Gasteiger charge is 2.28. The first-order chi connectivity index (χ1) is 14.4. The molecule has 1 heterocycles. The molecular formula is C23H13BrClFO4. The average Bonchev–Trinajstić information content (AvgIpc) is 3.04. The van der Waals surface area contributed by atoms with Crippen LogP contribution in [0.5, 0.6) is 11.5 Å². The van der Waals surface area contributed by atoms with Gasteiger partial charge in [-0.05, 0) is 42.5 Å². The van der Waals surface area contributed by atoms with Crippen molar-refractivity contribution in [1.82, 2.24) is 0 Å². The molecule has 0 aromatic heterocycles. The number of carbonyl (C=O) groups excluding carboxylic acids is 2. The van der Waals surface area contributed by atoms with E-state index < -0.39 is 5.82 Å². The minimum Gasteiger partial charge on any atom is -0.485 e. The molecule has 0 saturated heterocycles. The molecule has 30 heavy (non-hydrogen) atoms. The van der Waals surface area contributed by atoms with Crippen LogP contribution in [-0.4, -0.2) is 18.2 Å². The van der Waals surface area contributed by atoms with Crippen LogP contribution >= 0.6 is 27.5 Å². The molecule has 4 nitrogen and oxygen atoms in total. The lowest BCUT2D eigenvalue weighted by Crippen LogP contribution is -2.11. The van der Waals surface area contributed by atoms with E-state index in [0.717, 1.165) is 4.47 Å². The normalized spacial score (nSPS) is 13.8. The Kier molecular flexibility index (Phi) is 5.70. The van der Waals surface area contributed by atoms with Crippen LogP contribution in [0.15, 0.2) is 70.9 Å². The lowest BCUT2D eigenvalue weighted by molar-refractivity contribution is 0.0921. The Morgan fingerprint density at radius 2 is 1.90 bits per heavy atom. The molecule has 0 aliphatic carbocycles. The highest BCUT2D eigenvalue weighted by molar-refractivity contribution is 9.10. The van der Waals surface area contributed by atoms with E-state index >= 15 is 0 Å². The number of benzene rings is 3. The molecule has 3 aromatic rings. The molecule has 0 radical (unpaired) electrons. The van der Waals surface area contributed by atoms with Crippen LogP contribution in [0.2, 0.25) is 5.02 Å². The zero-order valence-corrected chi connectivity index (χ0v) is 17.7. The second-order valence-electron chi connectivity index (χ2n) is 6.45. The van der Waals surface area contributed by atoms with E-state index in [-0.39, 0.29) is 40.3 Å². The van der Waals surface area contributed by atoms with Crippen LogP contribution in [0.1, 0.15) is 26.3 Å². The molecule has 1 aliphatic rings. The summed E-state index contributed by atoms with van der Waals surface area (Å²) in [5.41, 5.74) is 0.921. The van der Waals surface area contributed by atoms with Gasteiger partial charge in [0.1, 0.15) is 17.3 Å². The molecule has 0 saturated carbocycles. The molecule has 4 rings (SSSR count). The van der Waals surface area contributed by atoms with Crippen molar-refractivity contribution in [2.45, 2.75) is 0 Å². The Morgan fingerprint density at radius 3 is 2.63 bits per heavy atom. The van der Waals surface area contributed by atoms with Crippen molar-refractivity contribution in [3.63, 3.8) is 0 Å². The van der Waals surface area contributed by atoms with Gasteiger partial charge >= 0.3 is 0 Å². The van der Waals surface area contributed by atoms with Gasteiger partial charge in [-0.25, -0.2) is 4.39 Å². The first kappa shape index (κ1) is 20.3. The third kappa shape index (κ3) is 4.15. The Morgan fingerprint density at radius 1 is 1.13 bits per heavy atom. The van der Waals surface area contributed by atoms with E-state index in [4.69, 9.17) is 21.1 Å². The Labute approximate surface area is 185 Å². The highest BCUT2D eigenvalue weighted by Crippen LogP contribution is 2.35. The number of Topliss-reactive ketones (excluding diaryl/α,β-unsaturated/α-hetero) is 2. The van der Waals surface area contributed by atoms with Gasteiger partial charge < -0.3 is 9.47 Å². The predicted octanol–water partition coefficient (Wildman–Crippen LogP) is 6.12. The molecular weight excluding hydrogens is 475 g/mol. The summed E-state index contributed by atoms with van der Waals surface area (Å²) in [6.07, 6.45) is 1.28. The molecule has 7 heteroatoms. The minimum absolute atomic E-state index is 0.0416. The van der Waals surface area contributed by atoms with Crippen LogP contribution < -0.4 is 9.47 Å². The van der Waals surface area contributed by atoms with Gasteiger partial charge in [0, 0.05) is 21.7 Å². The quantitative estimate of drug-likeness (QED) is 0.321. The van der Waals surface area contributed by atoms with E-state index in [2.05, 4.69) is 15.9 Å².